The molecule has 3 aromatic rings. The monoisotopic (exact) mass is 427 g/mol. The number of anilines is 1. The lowest BCUT2D eigenvalue weighted by Crippen LogP contribution is -2.30. The van der Waals surface area contributed by atoms with Gasteiger partial charge in [0.1, 0.15) is 5.82 Å². The van der Waals surface area contributed by atoms with Gasteiger partial charge in [0.2, 0.25) is 0 Å². The van der Waals surface area contributed by atoms with Gasteiger partial charge >= 0.3 is 6.03 Å². The molecule has 7 heteroatoms. The molecule has 1 N–H and O–H groups in total. The molecule has 4 nitrogen and oxygen atoms in total. The van der Waals surface area contributed by atoms with Crippen molar-refractivity contribution in [1.29, 1.82) is 0 Å². The van der Waals surface area contributed by atoms with Crippen LogP contribution in [0, 0.1) is 5.82 Å². The third-order valence-corrected chi connectivity index (χ3v) is 5.16. The van der Waals surface area contributed by atoms with E-state index >= 15 is 0 Å². The highest BCUT2D eigenvalue weighted by atomic mass is 35.5. The summed E-state index contributed by atoms with van der Waals surface area (Å²) in [7, 11) is 0. The smallest absolute Gasteiger partial charge is 0.306 e. The molecule has 0 radical (unpaired) electrons. The Morgan fingerprint density at radius 2 is 1.52 bits per heavy atom. The predicted molar refractivity (Wildman–Crippen MR) is 114 cm³/mol. The first-order valence-corrected chi connectivity index (χ1v) is 9.69. The summed E-state index contributed by atoms with van der Waals surface area (Å²) in [5.41, 5.74) is 3.07. The lowest BCUT2D eigenvalue weighted by atomic mass is 9.90. The second-order valence-corrected chi connectivity index (χ2v) is 7.49. The molecule has 146 valence electrons. The first-order valence-electron chi connectivity index (χ1n) is 8.93. The standard InChI is InChI=1S/C22H16Cl2FN3O/c23-16-5-1-15(2-6-16)21-20(14-3-9-18(25)10-4-14)13-28(27-21)22(29)26-19-11-7-17(24)8-12-19/h1-12,20H,13H2,(H,26,29). The van der Waals surface area contributed by atoms with E-state index in [0.29, 0.717) is 22.3 Å². The summed E-state index contributed by atoms with van der Waals surface area (Å²) in [5, 5.41) is 9.95. The number of amides is 2. The molecular weight excluding hydrogens is 412 g/mol. The van der Waals surface area contributed by atoms with Gasteiger partial charge in [-0.1, -0.05) is 47.5 Å². The third-order valence-electron chi connectivity index (χ3n) is 4.66. The maximum atomic E-state index is 13.4. The number of urea groups is 1. The first kappa shape index (κ1) is 19.4. The van der Waals surface area contributed by atoms with Crippen LogP contribution in [0.3, 0.4) is 0 Å². The molecular formula is C22H16Cl2FN3O. The van der Waals surface area contributed by atoms with Crippen LogP contribution >= 0.6 is 23.2 Å². The fourth-order valence-electron chi connectivity index (χ4n) is 3.19. The Balaban J connectivity index is 1.63. The van der Waals surface area contributed by atoms with E-state index in [0.717, 1.165) is 16.8 Å². The van der Waals surface area contributed by atoms with Gasteiger partial charge in [-0.05, 0) is 59.7 Å². The molecule has 3 aromatic carbocycles. The highest BCUT2D eigenvalue weighted by molar-refractivity contribution is 6.31. The summed E-state index contributed by atoms with van der Waals surface area (Å²) < 4.78 is 13.4. The minimum atomic E-state index is -0.358. The van der Waals surface area contributed by atoms with Gasteiger partial charge in [-0.15, -0.1) is 0 Å². The number of hydrogen-bond acceptors (Lipinski definition) is 2. The first-order chi connectivity index (χ1) is 14.0. The van der Waals surface area contributed by atoms with Crippen LogP contribution in [0.15, 0.2) is 77.9 Å². The Morgan fingerprint density at radius 1 is 0.931 bits per heavy atom. The number of hydrogen-bond donors (Lipinski definition) is 1. The van der Waals surface area contributed by atoms with Crippen molar-refractivity contribution < 1.29 is 9.18 Å². The minimum absolute atomic E-state index is 0.187. The molecule has 0 aliphatic carbocycles. The van der Waals surface area contributed by atoms with Gasteiger partial charge in [-0.25, -0.2) is 14.2 Å². The Kier molecular flexibility index (Phi) is 5.51. The molecule has 2 amide bonds. The van der Waals surface area contributed by atoms with E-state index in [4.69, 9.17) is 23.2 Å². The number of benzene rings is 3. The number of halogens is 3. The van der Waals surface area contributed by atoms with Crippen molar-refractivity contribution in [2.45, 2.75) is 5.92 Å². The van der Waals surface area contributed by atoms with Crippen molar-refractivity contribution in [3.05, 3.63) is 99.8 Å². The number of nitrogens with zero attached hydrogens (tertiary/aromatic N) is 2. The van der Waals surface area contributed by atoms with Gasteiger partial charge in [0.05, 0.1) is 12.3 Å². The second-order valence-electron chi connectivity index (χ2n) is 6.62. The molecule has 0 aromatic heterocycles. The van der Waals surface area contributed by atoms with Gasteiger partial charge in [-0.2, -0.15) is 5.10 Å². The number of carbonyl (C=O) groups excluding carboxylic acids is 1. The summed E-state index contributed by atoms with van der Waals surface area (Å²) in [6.45, 7) is 0.336. The maximum absolute atomic E-state index is 13.4. The Labute approximate surface area is 177 Å². The van der Waals surface area contributed by atoms with E-state index in [1.54, 1.807) is 48.5 Å². The van der Waals surface area contributed by atoms with Crippen LogP contribution in [0.5, 0.6) is 0 Å². The number of rotatable bonds is 3. The highest BCUT2D eigenvalue weighted by Gasteiger charge is 2.32. The zero-order chi connectivity index (χ0) is 20.4. The van der Waals surface area contributed by atoms with Crippen molar-refractivity contribution in [2.75, 3.05) is 11.9 Å². The fourth-order valence-corrected chi connectivity index (χ4v) is 3.44. The molecule has 0 saturated carbocycles. The van der Waals surface area contributed by atoms with Gasteiger partial charge in [0.15, 0.2) is 0 Å². The zero-order valence-electron chi connectivity index (χ0n) is 15.1. The van der Waals surface area contributed by atoms with E-state index in [9.17, 15) is 9.18 Å². The molecule has 4 rings (SSSR count). The van der Waals surface area contributed by atoms with Crippen LogP contribution in [0.25, 0.3) is 0 Å². The van der Waals surface area contributed by atoms with Crippen molar-refractivity contribution in [1.82, 2.24) is 5.01 Å². The van der Waals surface area contributed by atoms with E-state index in [1.165, 1.54) is 17.1 Å². The maximum Gasteiger partial charge on any atom is 0.342 e. The molecule has 1 aliphatic rings. The molecule has 1 atom stereocenters. The average Bonchev–Trinajstić information content (AvgIpc) is 3.16. The SMILES string of the molecule is O=C(Nc1ccc(Cl)cc1)N1CC(c2ccc(F)cc2)C(c2ccc(Cl)cc2)=N1. The molecule has 29 heavy (non-hydrogen) atoms. The van der Waals surface area contributed by atoms with Crippen molar-refractivity contribution in [3.8, 4) is 0 Å². The molecule has 0 saturated heterocycles. The van der Waals surface area contributed by atoms with E-state index in [2.05, 4.69) is 10.4 Å². The third kappa shape index (κ3) is 4.42. The molecule has 1 heterocycles. The van der Waals surface area contributed by atoms with Crippen LogP contribution in [-0.2, 0) is 0 Å². The van der Waals surface area contributed by atoms with E-state index < -0.39 is 0 Å². The Hall–Kier alpha value is -2.89. The number of carbonyl (C=O) groups is 1. The number of nitrogens with one attached hydrogen (secondary N) is 1. The second kappa shape index (κ2) is 8.23. The molecule has 0 spiro atoms. The van der Waals surface area contributed by atoms with Gasteiger partial charge in [-0.3, -0.25) is 0 Å². The summed E-state index contributed by atoms with van der Waals surface area (Å²) in [6.07, 6.45) is 0. The van der Waals surface area contributed by atoms with Crippen LogP contribution in [0.4, 0.5) is 14.9 Å². The van der Waals surface area contributed by atoms with Crippen LogP contribution in [0.1, 0.15) is 17.0 Å². The van der Waals surface area contributed by atoms with Crippen LogP contribution < -0.4 is 5.32 Å². The summed E-state index contributed by atoms with van der Waals surface area (Å²) >= 11 is 11.9. The molecule has 0 fully saturated rings. The Bertz CT molecular complexity index is 1050. The largest absolute Gasteiger partial charge is 0.342 e. The summed E-state index contributed by atoms with van der Waals surface area (Å²) in [5.74, 6) is -0.498. The number of hydrazone groups is 1. The van der Waals surface area contributed by atoms with Crippen molar-refractivity contribution in [2.24, 2.45) is 5.10 Å². The average molecular weight is 428 g/mol. The van der Waals surface area contributed by atoms with E-state index in [-0.39, 0.29) is 17.8 Å². The molecule has 0 bridgehead atoms. The highest BCUT2D eigenvalue weighted by Crippen LogP contribution is 2.30. The van der Waals surface area contributed by atoms with Gasteiger partial charge in [0.25, 0.3) is 0 Å². The zero-order valence-corrected chi connectivity index (χ0v) is 16.7. The van der Waals surface area contributed by atoms with Gasteiger partial charge in [0, 0.05) is 21.7 Å². The minimum Gasteiger partial charge on any atom is -0.306 e. The van der Waals surface area contributed by atoms with Crippen molar-refractivity contribution >= 4 is 40.6 Å². The lowest BCUT2D eigenvalue weighted by molar-refractivity contribution is 0.218. The molecule has 1 unspecified atom stereocenters. The molecule has 1 aliphatic heterocycles. The van der Waals surface area contributed by atoms with E-state index in [1.807, 2.05) is 12.1 Å². The lowest BCUT2D eigenvalue weighted by Gasteiger charge is -2.16. The quantitative estimate of drug-likeness (QED) is 0.533. The predicted octanol–water partition coefficient (Wildman–Crippen LogP) is 6.17. The van der Waals surface area contributed by atoms with Gasteiger partial charge < -0.3 is 5.32 Å². The Morgan fingerprint density at radius 3 is 2.14 bits per heavy atom. The van der Waals surface area contributed by atoms with Crippen LogP contribution in [0.2, 0.25) is 10.0 Å². The summed E-state index contributed by atoms with van der Waals surface area (Å²) in [4.78, 5) is 12.8. The topological polar surface area (TPSA) is 44.7 Å². The van der Waals surface area contributed by atoms with Crippen molar-refractivity contribution in [3.63, 3.8) is 0 Å². The summed E-state index contributed by atoms with van der Waals surface area (Å²) in [6, 6.07) is 20.0. The fraction of sp³-hybridized carbons (Fsp3) is 0.0909. The van der Waals surface area contributed by atoms with Crippen LogP contribution in [-0.4, -0.2) is 23.3 Å². The normalized spacial score (nSPS) is 15.9.